The number of aromatic nitrogens is 2. The second-order valence-electron chi connectivity index (χ2n) is 6.11. The van der Waals surface area contributed by atoms with Crippen molar-refractivity contribution >= 4 is 11.3 Å². The second kappa shape index (κ2) is 6.32. The van der Waals surface area contributed by atoms with Crippen molar-refractivity contribution in [2.24, 2.45) is 0 Å². The van der Waals surface area contributed by atoms with Gasteiger partial charge in [0.25, 0.3) is 0 Å². The van der Waals surface area contributed by atoms with Gasteiger partial charge in [-0.1, -0.05) is 6.92 Å². The zero-order valence-electron chi connectivity index (χ0n) is 12.8. The first kappa shape index (κ1) is 14.8. The van der Waals surface area contributed by atoms with Crippen molar-refractivity contribution in [3.05, 3.63) is 39.8 Å². The molecule has 0 bridgehead atoms. The molecule has 0 aliphatic heterocycles. The fraction of sp³-hybridized carbons (Fsp3) is 0.588. The standard InChI is InChI=1S/C17H24N2OS/c1-3-12(2)19-9-7-13(18-19)11-16(20)14-5-4-6-17-15(14)8-10-21-17/h7-10,12,14,16,20H,3-6,11H2,1-2H3. The molecule has 2 aromatic heterocycles. The number of aliphatic hydroxyl groups excluding tert-OH is 1. The average Bonchev–Trinajstić information content (AvgIpc) is 3.14. The number of thiophene rings is 1. The zero-order chi connectivity index (χ0) is 14.8. The summed E-state index contributed by atoms with van der Waals surface area (Å²) in [7, 11) is 0. The Morgan fingerprint density at radius 1 is 1.48 bits per heavy atom. The summed E-state index contributed by atoms with van der Waals surface area (Å²) in [6.07, 6.45) is 6.91. The first-order valence-electron chi connectivity index (χ1n) is 7.97. The SMILES string of the molecule is CCC(C)n1ccc(CC(O)C2CCCc3sccc32)n1. The highest BCUT2D eigenvalue weighted by atomic mass is 32.1. The molecule has 0 saturated heterocycles. The molecule has 0 saturated carbocycles. The van der Waals surface area contributed by atoms with Crippen molar-refractivity contribution in [1.82, 2.24) is 9.78 Å². The lowest BCUT2D eigenvalue weighted by atomic mass is 9.82. The van der Waals surface area contributed by atoms with Crippen LogP contribution in [0.2, 0.25) is 0 Å². The van der Waals surface area contributed by atoms with Crippen LogP contribution in [-0.4, -0.2) is 21.0 Å². The van der Waals surface area contributed by atoms with Crippen LogP contribution < -0.4 is 0 Å². The highest BCUT2D eigenvalue weighted by Gasteiger charge is 2.28. The normalized spacial score (nSPS) is 21.0. The number of hydrogen-bond donors (Lipinski definition) is 1. The van der Waals surface area contributed by atoms with Gasteiger partial charge in [-0.2, -0.15) is 5.10 Å². The minimum atomic E-state index is -0.320. The quantitative estimate of drug-likeness (QED) is 0.908. The van der Waals surface area contributed by atoms with E-state index in [4.69, 9.17) is 0 Å². The number of hydrogen-bond acceptors (Lipinski definition) is 3. The van der Waals surface area contributed by atoms with Gasteiger partial charge in [0.2, 0.25) is 0 Å². The summed E-state index contributed by atoms with van der Waals surface area (Å²) in [6.45, 7) is 4.34. The molecule has 0 radical (unpaired) electrons. The Kier molecular flexibility index (Phi) is 4.45. The van der Waals surface area contributed by atoms with Gasteiger partial charge in [0.15, 0.2) is 0 Å². The summed E-state index contributed by atoms with van der Waals surface area (Å²) < 4.78 is 2.01. The van der Waals surface area contributed by atoms with E-state index in [0.717, 1.165) is 18.5 Å². The lowest BCUT2D eigenvalue weighted by molar-refractivity contribution is 0.133. The van der Waals surface area contributed by atoms with Crippen LogP contribution in [0.3, 0.4) is 0 Å². The van der Waals surface area contributed by atoms with Crippen molar-refractivity contribution in [2.45, 2.75) is 64.0 Å². The van der Waals surface area contributed by atoms with E-state index >= 15 is 0 Å². The predicted octanol–water partition coefficient (Wildman–Crippen LogP) is 3.94. The molecular weight excluding hydrogens is 280 g/mol. The van der Waals surface area contributed by atoms with Crippen LogP contribution in [0.25, 0.3) is 0 Å². The van der Waals surface area contributed by atoms with Crippen LogP contribution in [0.15, 0.2) is 23.7 Å². The summed E-state index contributed by atoms with van der Waals surface area (Å²) in [4.78, 5) is 1.47. The summed E-state index contributed by atoms with van der Waals surface area (Å²) >= 11 is 1.83. The van der Waals surface area contributed by atoms with Gasteiger partial charge in [0.05, 0.1) is 11.8 Å². The molecule has 2 heterocycles. The number of fused-ring (bicyclic) bond motifs is 1. The second-order valence-corrected chi connectivity index (χ2v) is 7.11. The largest absolute Gasteiger partial charge is 0.392 e. The van der Waals surface area contributed by atoms with E-state index in [1.165, 1.54) is 23.3 Å². The first-order valence-corrected chi connectivity index (χ1v) is 8.85. The van der Waals surface area contributed by atoms with Crippen LogP contribution >= 0.6 is 11.3 Å². The molecule has 0 fully saturated rings. The van der Waals surface area contributed by atoms with Gasteiger partial charge in [-0.25, -0.2) is 0 Å². The Morgan fingerprint density at radius 3 is 3.14 bits per heavy atom. The Morgan fingerprint density at radius 2 is 2.33 bits per heavy atom. The lowest BCUT2D eigenvalue weighted by Crippen LogP contribution is -2.24. The Balaban J connectivity index is 1.70. The van der Waals surface area contributed by atoms with Gasteiger partial charge < -0.3 is 5.11 Å². The minimum Gasteiger partial charge on any atom is -0.392 e. The molecule has 1 N–H and O–H groups in total. The maximum Gasteiger partial charge on any atom is 0.0665 e. The molecule has 21 heavy (non-hydrogen) atoms. The van der Waals surface area contributed by atoms with E-state index in [-0.39, 0.29) is 12.0 Å². The van der Waals surface area contributed by atoms with Crippen LogP contribution in [0, 0.1) is 0 Å². The third-order valence-electron chi connectivity index (χ3n) is 4.69. The maximum absolute atomic E-state index is 10.7. The molecule has 4 heteroatoms. The maximum atomic E-state index is 10.7. The molecule has 3 rings (SSSR count). The third-order valence-corrected chi connectivity index (χ3v) is 5.68. The molecule has 1 aliphatic rings. The molecule has 0 aromatic carbocycles. The Hall–Kier alpha value is -1.13. The molecule has 3 unspecified atom stereocenters. The van der Waals surface area contributed by atoms with Crippen molar-refractivity contribution in [3.8, 4) is 0 Å². The van der Waals surface area contributed by atoms with Crippen LogP contribution in [0.5, 0.6) is 0 Å². The smallest absolute Gasteiger partial charge is 0.0665 e. The van der Waals surface area contributed by atoms with E-state index < -0.39 is 0 Å². The van der Waals surface area contributed by atoms with Gasteiger partial charge in [0.1, 0.15) is 0 Å². The molecule has 0 amide bonds. The predicted molar refractivity (Wildman–Crippen MR) is 86.9 cm³/mol. The highest BCUT2D eigenvalue weighted by molar-refractivity contribution is 7.10. The van der Waals surface area contributed by atoms with Gasteiger partial charge in [-0.05, 0) is 55.7 Å². The van der Waals surface area contributed by atoms with Gasteiger partial charge in [0, 0.05) is 29.5 Å². The van der Waals surface area contributed by atoms with Gasteiger partial charge in [-0.3, -0.25) is 4.68 Å². The van der Waals surface area contributed by atoms with E-state index in [2.05, 4.69) is 30.4 Å². The number of aryl methyl sites for hydroxylation is 1. The number of rotatable bonds is 5. The molecule has 114 valence electrons. The van der Waals surface area contributed by atoms with Crippen molar-refractivity contribution in [1.29, 1.82) is 0 Å². The van der Waals surface area contributed by atoms with E-state index in [1.54, 1.807) is 0 Å². The van der Waals surface area contributed by atoms with Crippen LogP contribution in [0.4, 0.5) is 0 Å². The number of aliphatic hydroxyl groups is 1. The molecule has 3 nitrogen and oxygen atoms in total. The highest BCUT2D eigenvalue weighted by Crippen LogP contribution is 2.37. The van der Waals surface area contributed by atoms with Crippen LogP contribution in [-0.2, 0) is 12.8 Å². The first-order chi connectivity index (χ1) is 10.2. The monoisotopic (exact) mass is 304 g/mol. The Bertz CT molecular complexity index is 589. The van der Waals surface area contributed by atoms with Gasteiger partial charge in [-0.15, -0.1) is 11.3 Å². The topological polar surface area (TPSA) is 38.0 Å². The van der Waals surface area contributed by atoms with Crippen LogP contribution in [0.1, 0.15) is 61.2 Å². The summed E-state index contributed by atoms with van der Waals surface area (Å²) in [5.41, 5.74) is 2.38. The average molecular weight is 304 g/mol. The minimum absolute atomic E-state index is 0.286. The molecule has 0 spiro atoms. The van der Waals surface area contributed by atoms with E-state index in [0.29, 0.717) is 12.5 Å². The molecule has 3 atom stereocenters. The van der Waals surface area contributed by atoms with Crippen molar-refractivity contribution < 1.29 is 5.11 Å². The molecule has 1 aliphatic carbocycles. The van der Waals surface area contributed by atoms with Gasteiger partial charge >= 0.3 is 0 Å². The Labute approximate surface area is 130 Å². The van der Waals surface area contributed by atoms with Crippen molar-refractivity contribution in [3.63, 3.8) is 0 Å². The summed E-state index contributed by atoms with van der Waals surface area (Å²) in [5, 5.41) is 17.4. The summed E-state index contributed by atoms with van der Waals surface area (Å²) in [5.74, 6) is 0.286. The molecule has 2 aromatic rings. The summed E-state index contributed by atoms with van der Waals surface area (Å²) in [6, 6.07) is 4.67. The fourth-order valence-corrected chi connectivity index (χ4v) is 4.19. The fourth-order valence-electron chi connectivity index (χ4n) is 3.20. The number of nitrogens with zero attached hydrogens (tertiary/aromatic N) is 2. The van der Waals surface area contributed by atoms with Crippen molar-refractivity contribution in [2.75, 3.05) is 0 Å². The molecular formula is C17H24N2OS. The van der Waals surface area contributed by atoms with E-state index in [1.807, 2.05) is 28.3 Å². The third kappa shape index (κ3) is 3.06. The van der Waals surface area contributed by atoms with E-state index in [9.17, 15) is 5.11 Å². The lowest BCUT2D eigenvalue weighted by Gasteiger charge is -2.26. The zero-order valence-corrected chi connectivity index (χ0v) is 13.6.